The molecule has 0 heterocycles. The van der Waals surface area contributed by atoms with Crippen LogP contribution >= 0.6 is 0 Å². The van der Waals surface area contributed by atoms with Gasteiger partial charge in [0.25, 0.3) is 0 Å². The minimum atomic E-state index is -4.71. The van der Waals surface area contributed by atoms with Crippen LogP contribution in [0.15, 0.2) is 29.2 Å². The quantitative estimate of drug-likeness (QED) is 0.759. The van der Waals surface area contributed by atoms with Crippen LogP contribution in [0.2, 0.25) is 0 Å². The maximum absolute atomic E-state index is 12.5. The first-order chi connectivity index (χ1) is 6.39. The van der Waals surface area contributed by atoms with Gasteiger partial charge in [0.1, 0.15) is 4.90 Å². The van der Waals surface area contributed by atoms with Gasteiger partial charge < -0.3 is 5.32 Å². The van der Waals surface area contributed by atoms with E-state index in [-0.39, 0.29) is 11.6 Å². The van der Waals surface area contributed by atoms with Crippen molar-refractivity contribution in [2.75, 3.05) is 5.32 Å². The van der Waals surface area contributed by atoms with Crippen LogP contribution in [-0.4, -0.2) is 14.3 Å². The summed E-state index contributed by atoms with van der Waals surface area (Å²) in [5.74, 6) is -0.349. The summed E-state index contributed by atoms with van der Waals surface area (Å²) in [4.78, 5) is 10.2. The molecule has 0 aliphatic carbocycles. The minimum absolute atomic E-state index is 0.247. The van der Waals surface area contributed by atoms with Crippen molar-refractivity contribution < 1.29 is 17.1 Å². The molecule has 1 N–H and O–H groups in total. The van der Waals surface area contributed by atoms with Crippen LogP contribution in [-0.2, 0) is 15.0 Å². The topological polar surface area (TPSA) is 63.2 Å². The van der Waals surface area contributed by atoms with Crippen molar-refractivity contribution in [3.63, 3.8) is 0 Å². The third-order valence-corrected chi connectivity index (χ3v) is 2.25. The Bertz CT molecular complexity index is 455. The van der Waals surface area contributed by atoms with E-state index in [1.807, 2.05) is 0 Å². The smallest absolute Gasteiger partial charge is 0.326 e. The van der Waals surface area contributed by atoms with Gasteiger partial charge in [-0.1, -0.05) is 6.07 Å². The molecule has 6 heteroatoms. The van der Waals surface area contributed by atoms with Crippen molar-refractivity contribution in [3.8, 4) is 0 Å². The SMILES string of the molecule is CC(=O)Nc1cccc(S(=O)(=O)F)c1. The first-order valence-corrected chi connectivity index (χ1v) is 5.10. The highest BCUT2D eigenvalue weighted by atomic mass is 32.3. The lowest BCUT2D eigenvalue weighted by molar-refractivity contribution is -0.114. The van der Waals surface area contributed by atoms with E-state index in [0.717, 1.165) is 12.1 Å². The normalized spacial score (nSPS) is 11.0. The van der Waals surface area contributed by atoms with E-state index in [9.17, 15) is 17.1 Å². The Hall–Kier alpha value is -1.43. The highest BCUT2D eigenvalue weighted by Gasteiger charge is 2.11. The van der Waals surface area contributed by atoms with Gasteiger partial charge in [0, 0.05) is 12.6 Å². The molecule has 1 aromatic rings. The zero-order chi connectivity index (χ0) is 10.8. The van der Waals surface area contributed by atoms with Gasteiger partial charge in [0.2, 0.25) is 5.91 Å². The van der Waals surface area contributed by atoms with Gasteiger partial charge in [-0.2, -0.15) is 8.42 Å². The predicted molar refractivity (Wildman–Crippen MR) is 49.0 cm³/mol. The maximum atomic E-state index is 12.5. The van der Waals surface area contributed by atoms with Crippen molar-refractivity contribution in [2.24, 2.45) is 0 Å². The van der Waals surface area contributed by atoms with Crippen molar-refractivity contribution in [2.45, 2.75) is 11.8 Å². The molecule has 0 aliphatic rings. The van der Waals surface area contributed by atoms with Crippen LogP contribution in [0.4, 0.5) is 9.57 Å². The number of nitrogens with one attached hydrogen (secondary N) is 1. The van der Waals surface area contributed by atoms with Crippen molar-refractivity contribution >= 4 is 21.8 Å². The van der Waals surface area contributed by atoms with E-state index in [0.29, 0.717) is 0 Å². The average molecular weight is 217 g/mol. The summed E-state index contributed by atoms with van der Waals surface area (Å²) in [5, 5.41) is 2.35. The molecule has 4 nitrogen and oxygen atoms in total. The van der Waals surface area contributed by atoms with E-state index in [1.54, 1.807) is 0 Å². The third-order valence-electron chi connectivity index (χ3n) is 1.44. The summed E-state index contributed by atoms with van der Waals surface area (Å²) in [6.07, 6.45) is 0. The maximum Gasteiger partial charge on any atom is 0.332 e. The van der Waals surface area contributed by atoms with Gasteiger partial charge in [-0.05, 0) is 18.2 Å². The predicted octanol–water partition coefficient (Wildman–Crippen LogP) is 1.30. The molecule has 1 aromatic carbocycles. The second kappa shape index (κ2) is 3.75. The first-order valence-electron chi connectivity index (χ1n) is 3.72. The lowest BCUT2D eigenvalue weighted by Gasteiger charge is -2.02. The molecule has 14 heavy (non-hydrogen) atoms. The summed E-state index contributed by atoms with van der Waals surface area (Å²) in [6, 6.07) is 4.98. The van der Waals surface area contributed by atoms with E-state index in [2.05, 4.69) is 5.32 Å². The number of rotatable bonds is 2. The Morgan fingerprint density at radius 3 is 2.57 bits per heavy atom. The monoisotopic (exact) mass is 217 g/mol. The minimum Gasteiger partial charge on any atom is -0.326 e. The highest BCUT2D eigenvalue weighted by molar-refractivity contribution is 7.86. The fourth-order valence-electron chi connectivity index (χ4n) is 0.929. The Morgan fingerprint density at radius 2 is 2.07 bits per heavy atom. The number of hydrogen-bond donors (Lipinski definition) is 1. The summed E-state index contributed by atoms with van der Waals surface area (Å²) >= 11 is 0. The van der Waals surface area contributed by atoms with Crippen LogP contribution in [0.3, 0.4) is 0 Å². The molecule has 0 aromatic heterocycles. The Labute approximate surface area is 81.0 Å². The fourth-order valence-corrected chi connectivity index (χ4v) is 1.44. The lowest BCUT2D eigenvalue weighted by atomic mass is 10.3. The molecular weight excluding hydrogens is 209 g/mol. The van der Waals surface area contributed by atoms with Crippen LogP contribution in [0.5, 0.6) is 0 Å². The number of hydrogen-bond acceptors (Lipinski definition) is 3. The molecule has 0 saturated carbocycles. The van der Waals surface area contributed by atoms with Crippen LogP contribution in [0, 0.1) is 0 Å². The molecule has 0 radical (unpaired) electrons. The fraction of sp³-hybridized carbons (Fsp3) is 0.125. The Balaban J connectivity index is 3.08. The standard InChI is InChI=1S/C8H8FNO3S/c1-6(11)10-7-3-2-4-8(5-7)14(9,12)13/h2-5H,1H3,(H,10,11). The van der Waals surface area contributed by atoms with Crippen molar-refractivity contribution in [3.05, 3.63) is 24.3 Å². The lowest BCUT2D eigenvalue weighted by Crippen LogP contribution is -2.06. The van der Waals surface area contributed by atoms with E-state index < -0.39 is 15.1 Å². The third kappa shape index (κ3) is 2.81. The van der Waals surface area contributed by atoms with E-state index in [4.69, 9.17) is 0 Å². The zero-order valence-corrected chi connectivity index (χ0v) is 8.14. The van der Waals surface area contributed by atoms with Crippen LogP contribution in [0.1, 0.15) is 6.92 Å². The Kier molecular flexibility index (Phi) is 2.85. The number of carbonyl (C=O) groups is 1. The average Bonchev–Trinajstić information content (AvgIpc) is 2.01. The summed E-state index contributed by atoms with van der Waals surface area (Å²) in [7, 11) is -4.71. The number of carbonyl (C=O) groups excluding carboxylic acids is 1. The van der Waals surface area contributed by atoms with E-state index in [1.165, 1.54) is 19.1 Å². The summed E-state index contributed by atoms with van der Waals surface area (Å²) in [6.45, 7) is 1.27. The largest absolute Gasteiger partial charge is 0.332 e. The molecule has 0 fully saturated rings. The molecule has 0 atom stereocenters. The summed E-state index contributed by atoms with van der Waals surface area (Å²) in [5.41, 5.74) is 0.247. The second-order valence-electron chi connectivity index (χ2n) is 2.65. The zero-order valence-electron chi connectivity index (χ0n) is 7.32. The highest BCUT2D eigenvalue weighted by Crippen LogP contribution is 2.16. The molecule has 0 bridgehead atoms. The van der Waals surface area contributed by atoms with Crippen LogP contribution in [0.25, 0.3) is 0 Å². The molecule has 1 rings (SSSR count). The van der Waals surface area contributed by atoms with Gasteiger partial charge in [-0.25, -0.2) is 0 Å². The Morgan fingerprint density at radius 1 is 1.43 bits per heavy atom. The van der Waals surface area contributed by atoms with Gasteiger partial charge in [-0.3, -0.25) is 4.79 Å². The van der Waals surface area contributed by atoms with Gasteiger partial charge in [-0.15, -0.1) is 3.89 Å². The second-order valence-corrected chi connectivity index (χ2v) is 3.99. The molecule has 0 unspecified atom stereocenters. The van der Waals surface area contributed by atoms with E-state index >= 15 is 0 Å². The number of benzene rings is 1. The van der Waals surface area contributed by atoms with Gasteiger partial charge in [0.15, 0.2) is 0 Å². The molecular formula is C8H8FNO3S. The van der Waals surface area contributed by atoms with Gasteiger partial charge in [0.05, 0.1) is 0 Å². The number of halogens is 1. The number of anilines is 1. The van der Waals surface area contributed by atoms with Crippen molar-refractivity contribution in [1.82, 2.24) is 0 Å². The molecule has 0 aliphatic heterocycles. The summed E-state index contributed by atoms with van der Waals surface area (Å²) < 4.78 is 33.5. The van der Waals surface area contributed by atoms with Gasteiger partial charge >= 0.3 is 10.2 Å². The van der Waals surface area contributed by atoms with Crippen LogP contribution < -0.4 is 5.32 Å². The first kappa shape index (κ1) is 10.6. The molecule has 1 amide bonds. The molecule has 76 valence electrons. The molecule has 0 spiro atoms. The van der Waals surface area contributed by atoms with Crippen molar-refractivity contribution in [1.29, 1.82) is 0 Å². The number of amides is 1. The molecule has 0 saturated heterocycles.